The Balaban J connectivity index is 1.72. The topological polar surface area (TPSA) is 68.3 Å². The fraction of sp³-hybridized carbons (Fsp3) is 0.235. The third-order valence-electron chi connectivity index (χ3n) is 3.07. The number of nitrogens with one attached hydrogen (secondary N) is 1. The zero-order valence-electron chi connectivity index (χ0n) is 12.7. The maximum absolute atomic E-state index is 11.8. The molecule has 0 fully saturated rings. The smallest absolute Gasteiger partial charge is 0.224 e. The molecule has 0 aliphatic carbocycles. The number of carbonyl (C=O) groups excluding carboxylic acids is 2. The number of halogens is 1. The minimum absolute atomic E-state index is 0.00796. The number of amides is 1. The largest absolute Gasteiger partial charge is 0.494 e. The van der Waals surface area contributed by atoms with Gasteiger partial charge in [-0.1, -0.05) is 23.7 Å². The van der Waals surface area contributed by atoms with Crippen LogP contribution in [0.25, 0.3) is 0 Å². The van der Waals surface area contributed by atoms with Crippen molar-refractivity contribution in [3.05, 3.63) is 53.3 Å². The first kappa shape index (κ1) is 17.0. The summed E-state index contributed by atoms with van der Waals surface area (Å²) in [6.07, 6.45) is 2.40. The number of ketones is 1. The van der Waals surface area contributed by atoms with E-state index in [-0.39, 0.29) is 11.7 Å². The van der Waals surface area contributed by atoms with E-state index in [1.165, 1.54) is 13.1 Å². The number of nitrogens with zero attached hydrogens (tertiary/aromatic N) is 1. The summed E-state index contributed by atoms with van der Waals surface area (Å²) >= 11 is 5.68. The molecule has 0 atom stereocenters. The lowest BCUT2D eigenvalue weighted by molar-refractivity contribution is -0.116. The highest BCUT2D eigenvalue weighted by atomic mass is 35.5. The number of hydrogen-bond donors (Lipinski definition) is 1. The van der Waals surface area contributed by atoms with Crippen molar-refractivity contribution in [1.82, 2.24) is 4.98 Å². The van der Waals surface area contributed by atoms with Gasteiger partial charge in [0.05, 0.1) is 18.5 Å². The quantitative estimate of drug-likeness (QED) is 0.476. The second kappa shape index (κ2) is 8.29. The van der Waals surface area contributed by atoms with E-state index < -0.39 is 0 Å². The standard InChI is InChI=1S/C17H17ClN2O3/c1-12(21)13-4-2-5-15(10-13)23-9-3-6-17(22)20-14-7-8-16(18)19-11-14/h2,4-5,7-8,10-11H,3,6,9H2,1H3,(H,20,22). The summed E-state index contributed by atoms with van der Waals surface area (Å²) in [4.78, 5) is 27.0. The minimum atomic E-state index is -0.116. The van der Waals surface area contributed by atoms with E-state index in [2.05, 4.69) is 10.3 Å². The van der Waals surface area contributed by atoms with E-state index in [0.717, 1.165) is 0 Å². The van der Waals surface area contributed by atoms with Gasteiger partial charge in [-0.2, -0.15) is 0 Å². The molecule has 0 saturated carbocycles. The monoisotopic (exact) mass is 332 g/mol. The maximum Gasteiger partial charge on any atom is 0.224 e. The van der Waals surface area contributed by atoms with E-state index in [4.69, 9.17) is 16.3 Å². The highest BCUT2D eigenvalue weighted by Gasteiger charge is 2.04. The van der Waals surface area contributed by atoms with Crippen LogP contribution in [0.4, 0.5) is 5.69 Å². The number of rotatable bonds is 7. The molecule has 0 radical (unpaired) electrons. The number of aromatic nitrogens is 1. The first-order valence-corrected chi connectivity index (χ1v) is 7.57. The van der Waals surface area contributed by atoms with Crippen molar-refractivity contribution in [3.8, 4) is 5.75 Å². The number of anilines is 1. The van der Waals surface area contributed by atoms with Gasteiger partial charge < -0.3 is 10.1 Å². The first-order valence-electron chi connectivity index (χ1n) is 7.20. The van der Waals surface area contributed by atoms with Crippen LogP contribution in [0.3, 0.4) is 0 Å². The molecule has 1 heterocycles. The highest BCUT2D eigenvalue weighted by molar-refractivity contribution is 6.29. The zero-order valence-corrected chi connectivity index (χ0v) is 13.5. The molecule has 0 spiro atoms. The molecule has 0 bridgehead atoms. The number of ether oxygens (including phenoxy) is 1. The Labute approximate surface area is 139 Å². The van der Waals surface area contributed by atoms with Gasteiger partial charge in [-0.05, 0) is 37.6 Å². The first-order chi connectivity index (χ1) is 11.0. The van der Waals surface area contributed by atoms with Crippen LogP contribution in [0.5, 0.6) is 5.75 Å². The van der Waals surface area contributed by atoms with Crippen LogP contribution in [0.1, 0.15) is 30.1 Å². The summed E-state index contributed by atoms with van der Waals surface area (Å²) < 4.78 is 5.55. The van der Waals surface area contributed by atoms with Crippen LogP contribution in [0.2, 0.25) is 5.15 Å². The van der Waals surface area contributed by atoms with Gasteiger partial charge in [-0.25, -0.2) is 4.98 Å². The van der Waals surface area contributed by atoms with E-state index in [1.54, 1.807) is 36.4 Å². The third-order valence-corrected chi connectivity index (χ3v) is 3.29. The summed E-state index contributed by atoms with van der Waals surface area (Å²) in [6, 6.07) is 10.3. The Hall–Kier alpha value is -2.40. The number of benzene rings is 1. The molecule has 23 heavy (non-hydrogen) atoms. The predicted molar refractivity (Wildman–Crippen MR) is 89.1 cm³/mol. The molecule has 1 N–H and O–H groups in total. The lowest BCUT2D eigenvalue weighted by atomic mass is 10.1. The second-order valence-electron chi connectivity index (χ2n) is 4.95. The van der Waals surface area contributed by atoms with Gasteiger partial charge in [-0.15, -0.1) is 0 Å². The average molecular weight is 333 g/mol. The van der Waals surface area contributed by atoms with Gasteiger partial charge in [0.25, 0.3) is 0 Å². The number of hydrogen-bond acceptors (Lipinski definition) is 4. The van der Waals surface area contributed by atoms with Crippen molar-refractivity contribution in [2.24, 2.45) is 0 Å². The maximum atomic E-state index is 11.8. The summed E-state index contributed by atoms with van der Waals surface area (Å²) in [6.45, 7) is 1.91. The fourth-order valence-corrected chi connectivity index (χ4v) is 2.01. The van der Waals surface area contributed by atoms with E-state index in [9.17, 15) is 9.59 Å². The number of carbonyl (C=O) groups is 2. The van der Waals surface area contributed by atoms with E-state index in [0.29, 0.717) is 41.6 Å². The van der Waals surface area contributed by atoms with E-state index in [1.807, 2.05) is 0 Å². The lowest BCUT2D eigenvalue weighted by Crippen LogP contribution is -2.13. The van der Waals surface area contributed by atoms with Gasteiger partial charge in [-0.3, -0.25) is 9.59 Å². The van der Waals surface area contributed by atoms with Gasteiger partial charge in [0.15, 0.2) is 5.78 Å². The Morgan fingerprint density at radius 3 is 2.78 bits per heavy atom. The molecular formula is C17H17ClN2O3. The lowest BCUT2D eigenvalue weighted by Gasteiger charge is -2.08. The second-order valence-corrected chi connectivity index (χ2v) is 5.34. The molecule has 2 aromatic rings. The van der Waals surface area contributed by atoms with Crippen molar-refractivity contribution >= 4 is 29.0 Å². The normalized spacial score (nSPS) is 10.2. The van der Waals surface area contributed by atoms with E-state index >= 15 is 0 Å². The zero-order chi connectivity index (χ0) is 16.7. The summed E-state index contributed by atoms with van der Waals surface area (Å²) in [5, 5.41) is 3.11. The Bertz CT molecular complexity index is 686. The van der Waals surface area contributed by atoms with Crippen LogP contribution >= 0.6 is 11.6 Å². The molecule has 2 rings (SSSR count). The predicted octanol–water partition coefficient (Wildman–Crippen LogP) is 3.74. The van der Waals surface area contributed by atoms with Crippen LogP contribution in [0.15, 0.2) is 42.6 Å². The van der Waals surface area contributed by atoms with Crippen molar-refractivity contribution < 1.29 is 14.3 Å². The van der Waals surface area contributed by atoms with Crippen molar-refractivity contribution in [2.75, 3.05) is 11.9 Å². The SMILES string of the molecule is CC(=O)c1cccc(OCCCC(=O)Nc2ccc(Cl)nc2)c1. The molecule has 0 aliphatic heterocycles. The Morgan fingerprint density at radius 2 is 2.09 bits per heavy atom. The summed E-state index contributed by atoms with van der Waals surface area (Å²) in [7, 11) is 0. The van der Waals surface area contributed by atoms with Crippen LogP contribution < -0.4 is 10.1 Å². The average Bonchev–Trinajstić information content (AvgIpc) is 2.54. The molecule has 0 saturated heterocycles. The summed E-state index contributed by atoms with van der Waals surface area (Å²) in [5.41, 5.74) is 1.21. The minimum Gasteiger partial charge on any atom is -0.494 e. The highest BCUT2D eigenvalue weighted by Crippen LogP contribution is 2.14. The molecule has 0 unspecified atom stereocenters. The molecule has 1 aromatic carbocycles. The van der Waals surface area contributed by atoms with Gasteiger partial charge >= 0.3 is 0 Å². The molecule has 120 valence electrons. The molecule has 5 nitrogen and oxygen atoms in total. The molecule has 6 heteroatoms. The Morgan fingerprint density at radius 1 is 1.26 bits per heavy atom. The van der Waals surface area contributed by atoms with Crippen molar-refractivity contribution in [1.29, 1.82) is 0 Å². The van der Waals surface area contributed by atoms with Gasteiger partial charge in [0.1, 0.15) is 10.9 Å². The number of Topliss-reactive ketones (excluding diaryl/α,β-unsaturated/α-hetero) is 1. The van der Waals surface area contributed by atoms with Crippen LogP contribution in [-0.2, 0) is 4.79 Å². The molecule has 1 aromatic heterocycles. The Kier molecular flexibility index (Phi) is 6.11. The summed E-state index contributed by atoms with van der Waals surface area (Å²) in [5.74, 6) is 0.502. The fourth-order valence-electron chi connectivity index (χ4n) is 1.90. The van der Waals surface area contributed by atoms with Crippen molar-refractivity contribution in [2.45, 2.75) is 19.8 Å². The molecule has 0 aliphatic rings. The van der Waals surface area contributed by atoms with Crippen LogP contribution in [-0.4, -0.2) is 23.3 Å². The third kappa shape index (κ3) is 5.71. The molecule has 1 amide bonds. The number of pyridine rings is 1. The van der Waals surface area contributed by atoms with Gasteiger partial charge in [0.2, 0.25) is 5.91 Å². The van der Waals surface area contributed by atoms with Gasteiger partial charge in [0, 0.05) is 12.0 Å². The van der Waals surface area contributed by atoms with Crippen LogP contribution in [0, 0.1) is 0 Å². The molecular weight excluding hydrogens is 316 g/mol. The van der Waals surface area contributed by atoms with Crippen molar-refractivity contribution in [3.63, 3.8) is 0 Å².